The van der Waals surface area contributed by atoms with E-state index in [-0.39, 0.29) is 16.8 Å². The fourth-order valence-corrected chi connectivity index (χ4v) is 1.55. The smallest absolute Gasteiger partial charge is 0.481 e. The molecule has 1 aromatic heterocycles. The van der Waals surface area contributed by atoms with Crippen LogP contribution in [0.4, 0.5) is 13.2 Å². The molecule has 100 valence electrons. The first-order valence-corrected chi connectivity index (χ1v) is 5.53. The highest BCUT2D eigenvalue weighted by atomic mass is 79.9. The number of aromatic carboxylic acids is 1. The lowest BCUT2D eigenvalue weighted by molar-refractivity contribution is -0.274. The number of ether oxygens (including phenoxy) is 2. The van der Waals surface area contributed by atoms with Crippen molar-refractivity contribution in [3.05, 3.63) is 17.3 Å². The topological polar surface area (TPSA) is 68.7 Å². The predicted octanol–water partition coefficient (Wildman–Crippen LogP) is 2.58. The molecule has 0 bridgehead atoms. The van der Waals surface area contributed by atoms with Gasteiger partial charge in [0.05, 0.1) is 7.11 Å². The van der Waals surface area contributed by atoms with E-state index in [9.17, 15) is 18.0 Å². The Morgan fingerprint density at radius 1 is 1.56 bits per heavy atom. The third-order valence-electron chi connectivity index (χ3n) is 1.79. The Morgan fingerprint density at radius 3 is 2.56 bits per heavy atom. The SMILES string of the molecule is COc1nc(C(=O)O)c(OC(F)(F)F)cc1CBr. The Labute approximate surface area is 108 Å². The van der Waals surface area contributed by atoms with E-state index in [1.165, 1.54) is 7.11 Å². The third kappa shape index (κ3) is 3.49. The summed E-state index contributed by atoms with van der Waals surface area (Å²) in [6.45, 7) is 0. The summed E-state index contributed by atoms with van der Waals surface area (Å²) in [6, 6.07) is 0.914. The maximum atomic E-state index is 12.1. The molecule has 0 radical (unpaired) electrons. The molecule has 0 aliphatic heterocycles. The highest BCUT2D eigenvalue weighted by molar-refractivity contribution is 9.08. The van der Waals surface area contributed by atoms with Crippen LogP contribution < -0.4 is 9.47 Å². The van der Waals surface area contributed by atoms with Gasteiger partial charge in [0, 0.05) is 10.9 Å². The fourth-order valence-electron chi connectivity index (χ4n) is 1.14. The van der Waals surface area contributed by atoms with E-state index in [0.29, 0.717) is 0 Å². The van der Waals surface area contributed by atoms with Crippen LogP contribution in [0.3, 0.4) is 0 Å². The van der Waals surface area contributed by atoms with Crippen LogP contribution in [-0.4, -0.2) is 29.5 Å². The van der Waals surface area contributed by atoms with Gasteiger partial charge in [0.25, 0.3) is 0 Å². The maximum Gasteiger partial charge on any atom is 0.573 e. The minimum atomic E-state index is -5.00. The van der Waals surface area contributed by atoms with Gasteiger partial charge >= 0.3 is 12.3 Å². The van der Waals surface area contributed by atoms with Crippen LogP contribution in [0, 0.1) is 0 Å². The molecule has 0 amide bonds. The van der Waals surface area contributed by atoms with Crippen LogP contribution in [0.1, 0.15) is 16.1 Å². The average Bonchev–Trinajstić information content (AvgIpc) is 2.25. The number of rotatable bonds is 4. The number of carboxylic acid groups (broad SMARTS) is 1. The second-order valence-electron chi connectivity index (χ2n) is 2.99. The molecular formula is C9H7BrF3NO4. The Hall–Kier alpha value is -1.51. The number of hydrogen-bond donors (Lipinski definition) is 1. The summed E-state index contributed by atoms with van der Waals surface area (Å²) in [5.41, 5.74) is -0.629. The van der Waals surface area contributed by atoms with Crippen molar-refractivity contribution < 1.29 is 32.5 Å². The van der Waals surface area contributed by atoms with E-state index in [2.05, 4.69) is 25.7 Å². The minimum absolute atomic E-state index is 0.0844. The lowest BCUT2D eigenvalue weighted by Gasteiger charge is -2.13. The number of carbonyl (C=O) groups is 1. The summed E-state index contributed by atoms with van der Waals surface area (Å²) < 4.78 is 44.7. The summed E-state index contributed by atoms with van der Waals surface area (Å²) >= 11 is 3.02. The van der Waals surface area contributed by atoms with Gasteiger partial charge in [-0.1, -0.05) is 15.9 Å². The first-order valence-electron chi connectivity index (χ1n) is 4.41. The van der Waals surface area contributed by atoms with Crippen molar-refractivity contribution in [1.29, 1.82) is 0 Å². The number of nitrogens with zero attached hydrogens (tertiary/aromatic N) is 1. The molecule has 9 heteroatoms. The van der Waals surface area contributed by atoms with Gasteiger partial charge in [-0.25, -0.2) is 9.78 Å². The zero-order chi connectivity index (χ0) is 13.9. The molecule has 1 N–H and O–H groups in total. The van der Waals surface area contributed by atoms with E-state index in [4.69, 9.17) is 9.84 Å². The summed E-state index contributed by atoms with van der Waals surface area (Å²) in [5.74, 6) is -2.61. The van der Waals surface area contributed by atoms with Crippen molar-refractivity contribution in [1.82, 2.24) is 4.98 Å². The Bertz CT molecular complexity index is 464. The lowest BCUT2D eigenvalue weighted by atomic mass is 10.2. The number of halogens is 4. The standard InChI is InChI=1S/C9H7BrF3NO4/c1-17-7-4(3-10)2-5(18-9(11,12)13)6(14-7)8(15)16/h2H,3H2,1H3,(H,15,16). The van der Waals surface area contributed by atoms with Crippen molar-refractivity contribution in [3.8, 4) is 11.6 Å². The van der Waals surface area contributed by atoms with Crippen LogP contribution in [0.5, 0.6) is 11.6 Å². The normalized spacial score (nSPS) is 11.2. The van der Waals surface area contributed by atoms with Gasteiger partial charge in [0.1, 0.15) is 0 Å². The van der Waals surface area contributed by atoms with Crippen molar-refractivity contribution in [2.75, 3.05) is 7.11 Å². The molecule has 0 fully saturated rings. The van der Waals surface area contributed by atoms with Gasteiger partial charge in [0.15, 0.2) is 11.4 Å². The van der Waals surface area contributed by atoms with Gasteiger partial charge in [0.2, 0.25) is 5.88 Å². The molecule has 0 spiro atoms. The molecule has 0 aliphatic carbocycles. The van der Waals surface area contributed by atoms with Gasteiger partial charge in [-0.3, -0.25) is 0 Å². The predicted molar refractivity (Wildman–Crippen MR) is 57.1 cm³/mol. The summed E-state index contributed by atoms with van der Waals surface area (Å²) in [5, 5.41) is 8.91. The van der Waals surface area contributed by atoms with Crippen molar-refractivity contribution >= 4 is 21.9 Å². The first-order chi connectivity index (χ1) is 8.28. The number of pyridine rings is 1. The zero-order valence-electron chi connectivity index (χ0n) is 8.92. The molecule has 0 unspecified atom stereocenters. The van der Waals surface area contributed by atoms with Crippen molar-refractivity contribution in [2.45, 2.75) is 11.7 Å². The van der Waals surface area contributed by atoms with E-state index in [1.807, 2.05) is 0 Å². The first kappa shape index (κ1) is 14.6. The largest absolute Gasteiger partial charge is 0.573 e. The van der Waals surface area contributed by atoms with E-state index in [0.717, 1.165) is 6.07 Å². The molecule has 0 aromatic carbocycles. The molecule has 0 aliphatic rings. The highest BCUT2D eigenvalue weighted by Crippen LogP contribution is 2.31. The van der Waals surface area contributed by atoms with E-state index >= 15 is 0 Å². The van der Waals surface area contributed by atoms with Crippen LogP contribution in [0.15, 0.2) is 6.07 Å². The van der Waals surface area contributed by atoms with Gasteiger partial charge < -0.3 is 14.6 Å². The van der Waals surface area contributed by atoms with E-state index in [1.54, 1.807) is 0 Å². The van der Waals surface area contributed by atoms with E-state index < -0.39 is 23.8 Å². The number of carboxylic acids is 1. The maximum absolute atomic E-state index is 12.1. The second-order valence-corrected chi connectivity index (χ2v) is 3.55. The highest BCUT2D eigenvalue weighted by Gasteiger charge is 2.34. The Balaban J connectivity index is 3.33. The average molecular weight is 330 g/mol. The molecule has 0 saturated carbocycles. The van der Waals surface area contributed by atoms with Gasteiger partial charge in [-0.15, -0.1) is 13.2 Å². The molecule has 18 heavy (non-hydrogen) atoms. The molecule has 5 nitrogen and oxygen atoms in total. The summed E-state index contributed by atoms with van der Waals surface area (Å²) in [7, 11) is 1.23. The fraction of sp³-hybridized carbons (Fsp3) is 0.333. The number of hydrogen-bond acceptors (Lipinski definition) is 4. The molecule has 0 saturated heterocycles. The Kier molecular flexibility index (Phi) is 4.38. The molecule has 1 aromatic rings. The number of methoxy groups -OCH3 is 1. The Morgan fingerprint density at radius 2 is 2.17 bits per heavy atom. The number of alkyl halides is 4. The van der Waals surface area contributed by atoms with Gasteiger partial charge in [-0.2, -0.15) is 0 Å². The summed E-state index contributed by atoms with van der Waals surface area (Å²) in [6.07, 6.45) is -5.00. The van der Waals surface area contributed by atoms with Crippen LogP contribution in [0.25, 0.3) is 0 Å². The molecule has 1 heterocycles. The van der Waals surface area contributed by atoms with Crippen molar-refractivity contribution in [2.24, 2.45) is 0 Å². The van der Waals surface area contributed by atoms with Gasteiger partial charge in [-0.05, 0) is 6.07 Å². The minimum Gasteiger partial charge on any atom is -0.481 e. The molecule has 0 atom stereocenters. The molecule has 1 rings (SSSR count). The van der Waals surface area contributed by atoms with Crippen LogP contribution in [0.2, 0.25) is 0 Å². The number of aromatic nitrogens is 1. The summed E-state index contributed by atoms with van der Waals surface area (Å²) in [4.78, 5) is 14.3. The van der Waals surface area contributed by atoms with Crippen LogP contribution >= 0.6 is 15.9 Å². The van der Waals surface area contributed by atoms with Crippen LogP contribution in [-0.2, 0) is 5.33 Å². The monoisotopic (exact) mass is 329 g/mol. The van der Waals surface area contributed by atoms with Crippen molar-refractivity contribution in [3.63, 3.8) is 0 Å². The lowest BCUT2D eigenvalue weighted by Crippen LogP contribution is -2.20. The third-order valence-corrected chi connectivity index (χ3v) is 2.40. The molecular weight excluding hydrogens is 323 g/mol. The quantitative estimate of drug-likeness (QED) is 0.860. The second kappa shape index (κ2) is 5.42. The zero-order valence-corrected chi connectivity index (χ0v) is 10.5.